The van der Waals surface area contributed by atoms with Crippen molar-refractivity contribution in [1.82, 2.24) is 14.4 Å². The first-order valence-corrected chi connectivity index (χ1v) is 10.8. The molecule has 2 aromatic heterocycles. The molecule has 162 valence electrons. The molecular weight excluding hydrogens is 410 g/mol. The molecule has 0 radical (unpaired) electrons. The van der Waals surface area contributed by atoms with Crippen LogP contribution in [0.1, 0.15) is 33.8 Å². The number of rotatable bonds is 6. The van der Waals surface area contributed by atoms with Crippen molar-refractivity contribution in [2.45, 2.75) is 12.8 Å². The first-order chi connectivity index (χ1) is 16.2. The largest absolute Gasteiger partial charge is 0.508 e. The number of phenols is 1. The molecule has 33 heavy (non-hydrogen) atoms. The van der Waals surface area contributed by atoms with Crippen molar-refractivity contribution in [3.05, 3.63) is 125 Å². The van der Waals surface area contributed by atoms with Crippen LogP contribution in [0.15, 0.2) is 91.1 Å². The lowest BCUT2D eigenvalue weighted by Crippen LogP contribution is -2.00. The summed E-state index contributed by atoms with van der Waals surface area (Å²) in [5.41, 5.74) is 5.93. The Bertz CT molecular complexity index is 1410. The number of benzene rings is 3. The van der Waals surface area contributed by atoms with E-state index in [1.165, 1.54) is 0 Å². The van der Waals surface area contributed by atoms with E-state index in [9.17, 15) is 10.2 Å². The molecule has 0 aliphatic heterocycles. The Labute approximate surface area is 192 Å². The molecule has 5 rings (SSSR count). The third kappa shape index (κ3) is 4.62. The van der Waals surface area contributed by atoms with E-state index in [1.807, 2.05) is 72.8 Å². The third-order valence-corrected chi connectivity index (χ3v) is 5.51. The summed E-state index contributed by atoms with van der Waals surface area (Å²) < 4.78 is 1.72. The molecule has 3 aromatic carbocycles. The number of nitrogens with zero attached hydrogens (tertiary/aromatic N) is 3. The summed E-state index contributed by atoms with van der Waals surface area (Å²) in [7, 11) is 0. The summed E-state index contributed by atoms with van der Waals surface area (Å²) in [5.74, 6) is 0.357. The predicted molar refractivity (Wildman–Crippen MR) is 130 cm³/mol. The molecule has 0 saturated heterocycles. The molecule has 2 heterocycles. The van der Waals surface area contributed by atoms with Crippen LogP contribution in [-0.4, -0.2) is 24.6 Å². The minimum absolute atomic E-state index is 0.129. The average Bonchev–Trinajstić information content (AvgIpc) is 3.15. The first-order valence-electron chi connectivity index (χ1n) is 10.8. The molecule has 0 spiro atoms. The summed E-state index contributed by atoms with van der Waals surface area (Å²) in [5, 5.41) is 20.5. The zero-order valence-electron chi connectivity index (χ0n) is 18.0. The van der Waals surface area contributed by atoms with Gasteiger partial charge in [0, 0.05) is 19.0 Å². The van der Waals surface area contributed by atoms with Gasteiger partial charge in [-0.05, 0) is 34.9 Å². The Hall–Kier alpha value is -4.38. The molecule has 0 aliphatic rings. The summed E-state index contributed by atoms with van der Waals surface area (Å²) >= 11 is 0. The fourth-order valence-corrected chi connectivity index (χ4v) is 3.83. The number of imidazole rings is 1. The van der Waals surface area contributed by atoms with Crippen LogP contribution in [0.4, 0.5) is 0 Å². The quantitative estimate of drug-likeness (QED) is 0.371. The Morgan fingerprint density at radius 2 is 1.27 bits per heavy atom. The van der Waals surface area contributed by atoms with Gasteiger partial charge in [0.25, 0.3) is 0 Å². The highest BCUT2D eigenvalue weighted by atomic mass is 16.3. The molecule has 0 unspecified atom stereocenters. The maximum absolute atomic E-state index is 11.0. The molecular formula is C28H23N3O2. The summed E-state index contributed by atoms with van der Waals surface area (Å²) in [6.45, 7) is 0. The van der Waals surface area contributed by atoms with Gasteiger partial charge in [-0.1, -0.05) is 78.9 Å². The van der Waals surface area contributed by atoms with E-state index in [-0.39, 0.29) is 11.6 Å². The molecule has 0 aliphatic carbocycles. The highest BCUT2D eigenvalue weighted by molar-refractivity contribution is 5.69. The van der Waals surface area contributed by atoms with Gasteiger partial charge in [-0.15, -0.1) is 0 Å². The van der Waals surface area contributed by atoms with Crippen molar-refractivity contribution in [2.24, 2.45) is 0 Å². The maximum Gasteiger partial charge on any atom is 0.219 e. The molecule has 0 amide bonds. The Morgan fingerprint density at radius 3 is 1.91 bits per heavy atom. The number of fused-ring (bicyclic) bond motifs is 1. The summed E-state index contributed by atoms with van der Waals surface area (Å²) in [6.07, 6.45) is 6.78. The van der Waals surface area contributed by atoms with Crippen LogP contribution in [0, 0.1) is 0 Å². The van der Waals surface area contributed by atoms with Crippen LogP contribution in [0.2, 0.25) is 0 Å². The van der Waals surface area contributed by atoms with E-state index >= 15 is 0 Å². The van der Waals surface area contributed by atoms with E-state index in [0.29, 0.717) is 29.9 Å². The highest BCUT2D eigenvalue weighted by Crippen LogP contribution is 2.26. The van der Waals surface area contributed by atoms with Gasteiger partial charge in [0.2, 0.25) is 5.88 Å². The van der Waals surface area contributed by atoms with Gasteiger partial charge in [0.15, 0.2) is 5.65 Å². The fourth-order valence-electron chi connectivity index (χ4n) is 3.83. The van der Waals surface area contributed by atoms with Crippen LogP contribution < -0.4 is 0 Å². The van der Waals surface area contributed by atoms with Crippen molar-refractivity contribution in [3.8, 4) is 11.6 Å². The second-order valence-corrected chi connectivity index (χ2v) is 7.94. The maximum atomic E-state index is 11.0. The first kappa shape index (κ1) is 20.5. The van der Waals surface area contributed by atoms with Crippen LogP contribution in [-0.2, 0) is 12.8 Å². The van der Waals surface area contributed by atoms with E-state index in [4.69, 9.17) is 9.97 Å². The molecule has 5 nitrogen and oxygen atoms in total. The van der Waals surface area contributed by atoms with Crippen LogP contribution >= 0.6 is 0 Å². The monoisotopic (exact) mass is 433 g/mol. The van der Waals surface area contributed by atoms with Gasteiger partial charge in [-0.25, -0.2) is 9.97 Å². The number of hydrogen-bond donors (Lipinski definition) is 2. The van der Waals surface area contributed by atoms with Crippen LogP contribution in [0.25, 0.3) is 17.8 Å². The number of phenolic OH excluding ortho intramolecular Hbond substituents is 1. The molecule has 0 fully saturated rings. The van der Waals surface area contributed by atoms with Gasteiger partial charge in [0.05, 0.1) is 11.4 Å². The topological polar surface area (TPSA) is 70.7 Å². The van der Waals surface area contributed by atoms with Gasteiger partial charge < -0.3 is 10.2 Å². The van der Waals surface area contributed by atoms with E-state index in [2.05, 4.69) is 12.1 Å². The second-order valence-electron chi connectivity index (χ2n) is 7.94. The SMILES string of the molecule is Oc1ccc(/C=C/c2cn3c(O)c(Cc4ccccc4)nc3c(Cc3ccccc3)n2)cc1. The van der Waals surface area contributed by atoms with E-state index in [0.717, 1.165) is 22.4 Å². The lowest BCUT2D eigenvalue weighted by atomic mass is 10.1. The Morgan fingerprint density at radius 1 is 0.667 bits per heavy atom. The Kier molecular flexibility index (Phi) is 5.60. The van der Waals surface area contributed by atoms with Crippen molar-refractivity contribution >= 4 is 17.8 Å². The lowest BCUT2D eigenvalue weighted by Gasteiger charge is -2.06. The van der Waals surface area contributed by atoms with Crippen LogP contribution in [0.3, 0.4) is 0 Å². The average molecular weight is 434 g/mol. The van der Waals surface area contributed by atoms with E-state index in [1.54, 1.807) is 22.7 Å². The number of aromatic nitrogens is 3. The van der Waals surface area contributed by atoms with Gasteiger partial charge in [-0.3, -0.25) is 4.40 Å². The zero-order chi connectivity index (χ0) is 22.6. The van der Waals surface area contributed by atoms with Crippen molar-refractivity contribution < 1.29 is 10.2 Å². The molecule has 0 bridgehead atoms. The minimum Gasteiger partial charge on any atom is -0.508 e. The molecule has 0 atom stereocenters. The second kappa shape index (κ2) is 9.01. The predicted octanol–water partition coefficient (Wildman–Crippen LogP) is 5.49. The number of hydrogen-bond acceptors (Lipinski definition) is 4. The molecule has 2 N–H and O–H groups in total. The van der Waals surface area contributed by atoms with Crippen molar-refractivity contribution in [2.75, 3.05) is 0 Å². The molecule has 0 saturated carbocycles. The zero-order valence-corrected chi connectivity index (χ0v) is 18.0. The van der Waals surface area contributed by atoms with Gasteiger partial charge in [-0.2, -0.15) is 0 Å². The standard InChI is InChI=1S/C28H23N3O2/c32-24-15-12-20(13-16-24)11-14-23-19-31-27(25(29-23)17-21-7-3-1-4-8-21)30-26(28(31)33)18-22-9-5-2-6-10-22/h1-16,19,32-33H,17-18H2/b14-11+. The molecule has 5 heteroatoms. The van der Waals surface area contributed by atoms with Crippen molar-refractivity contribution in [1.29, 1.82) is 0 Å². The third-order valence-electron chi connectivity index (χ3n) is 5.51. The van der Waals surface area contributed by atoms with Gasteiger partial charge in [0.1, 0.15) is 11.4 Å². The molecule has 5 aromatic rings. The Balaban J connectivity index is 1.57. The highest BCUT2D eigenvalue weighted by Gasteiger charge is 2.17. The summed E-state index contributed by atoms with van der Waals surface area (Å²) in [6, 6.07) is 27.1. The van der Waals surface area contributed by atoms with Crippen LogP contribution in [0.5, 0.6) is 11.6 Å². The van der Waals surface area contributed by atoms with Gasteiger partial charge >= 0.3 is 0 Å². The lowest BCUT2D eigenvalue weighted by molar-refractivity contribution is 0.442. The van der Waals surface area contributed by atoms with Crippen molar-refractivity contribution in [3.63, 3.8) is 0 Å². The minimum atomic E-state index is 0.129. The van der Waals surface area contributed by atoms with E-state index < -0.39 is 0 Å². The number of aromatic hydroxyl groups is 2. The fraction of sp³-hybridized carbons (Fsp3) is 0.0714. The normalized spacial score (nSPS) is 11.4. The smallest absolute Gasteiger partial charge is 0.219 e. The summed E-state index contributed by atoms with van der Waals surface area (Å²) in [4.78, 5) is 9.63.